The first kappa shape index (κ1) is 12.4. The van der Waals surface area contributed by atoms with Gasteiger partial charge in [0.05, 0.1) is 12.2 Å². The summed E-state index contributed by atoms with van der Waals surface area (Å²) in [5.41, 5.74) is 3.18. The SMILES string of the molecule is Cc1cccc2c1ccn2Cc1cccc(C(=O)O)n1. The molecule has 100 valence electrons. The number of hydrogen-bond donors (Lipinski definition) is 1. The average Bonchev–Trinajstić information content (AvgIpc) is 2.84. The molecular weight excluding hydrogens is 252 g/mol. The van der Waals surface area contributed by atoms with Crippen LogP contribution in [-0.4, -0.2) is 20.6 Å². The Balaban J connectivity index is 1.99. The van der Waals surface area contributed by atoms with Gasteiger partial charge in [0.25, 0.3) is 0 Å². The molecule has 0 saturated carbocycles. The van der Waals surface area contributed by atoms with Crippen LogP contribution in [0.15, 0.2) is 48.7 Å². The van der Waals surface area contributed by atoms with E-state index in [0.717, 1.165) is 11.2 Å². The third-order valence-electron chi connectivity index (χ3n) is 3.39. The highest BCUT2D eigenvalue weighted by Crippen LogP contribution is 2.20. The van der Waals surface area contributed by atoms with Crippen molar-refractivity contribution in [1.29, 1.82) is 0 Å². The van der Waals surface area contributed by atoms with Gasteiger partial charge in [-0.25, -0.2) is 9.78 Å². The monoisotopic (exact) mass is 266 g/mol. The van der Waals surface area contributed by atoms with E-state index in [0.29, 0.717) is 6.54 Å². The first-order chi connectivity index (χ1) is 9.65. The standard InChI is InChI=1S/C16H14N2O2/c1-11-4-2-7-15-13(11)8-9-18(15)10-12-5-3-6-14(17-12)16(19)20/h2-9H,10H2,1H3,(H,19,20). The maximum atomic E-state index is 10.9. The molecule has 20 heavy (non-hydrogen) atoms. The van der Waals surface area contributed by atoms with Crippen LogP contribution >= 0.6 is 0 Å². The number of pyridine rings is 1. The molecule has 3 aromatic rings. The third kappa shape index (κ3) is 2.16. The topological polar surface area (TPSA) is 55.1 Å². The van der Waals surface area contributed by atoms with Crippen molar-refractivity contribution < 1.29 is 9.90 Å². The van der Waals surface area contributed by atoms with Crippen LogP contribution in [0.3, 0.4) is 0 Å². The second kappa shape index (κ2) is 4.81. The normalized spacial score (nSPS) is 10.8. The van der Waals surface area contributed by atoms with E-state index in [9.17, 15) is 4.79 Å². The molecule has 0 saturated heterocycles. The Morgan fingerprint density at radius 1 is 1.20 bits per heavy atom. The van der Waals surface area contributed by atoms with Crippen molar-refractivity contribution >= 4 is 16.9 Å². The highest BCUT2D eigenvalue weighted by atomic mass is 16.4. The van der Waals surface area contributed by atoms with E-state index in [1.807, 2.05) is 18.3 Å². The molecule has 1 N–H and O–H groups in total. The van der Waals surface area contributed by atoms with Crippen molar-refractivity contribution in [3.8, 4) is 0 Å². The number of rotatable bonds is 3. The Morgan fingerprint density at radius 2 is 2.00 bits per heavy atom. The van der Waals surface area contributed by atoms with Crippen LogP contribution in [0.5, 0.6) is 0 Å². The number of fused-ring (bicyclic) bond motifs is 1. The summed E-state index contributed by atoms with van der Waals surface area (Å²) in [7, 11) is 0. The zero-order chi connectivity index (χ0) is 14.1. The van der Waals surface area contributed by atoms with Crippen molar-refractivity contribution in [3.05, 3.63) is 65.6 Å². The van der Waals surface area contributed by atoms with Crippen LogP contribution in [-0.2, 0) is 6.54 Å². The van der Waals surface area contributed by atoms with E-state index < -0.39 is 5.97 Å². The van der Waals surface area contributed by atoms with Gasteiger partial charge >= 0.3 is 5.97 Å². The molecule has 0 aliphatic carbocycles. The molecule has 0 radical (unpaired) electrons. The van der Waals surface area contributed by atoms with E-state index in [2.05, 4.69) is 34.7 Å². The molecular formula is C16H14N2O2. The first-order valence-corrected chi connectivity index (χ1v) is 6.39. The minimum absolute atomic E-state index is 0.0788. The Kier molecular flexibility index (Phi) is 2.99. The summed E-state index contributed by atoms with van der Waals surface area (Å²) in [5, 5.41) is 10.2. The Bertz CT molecular complexity index is 790. The quantitative estimate of drug-likeness (QED) is 0.792. The minimum Gasteiger partial charge on any atom is -0.477 e. The lowest BCUT2D eigenvalue weighted by molar-refractivity contribution is 0.0690. The first-order valence-electron chi connectivity index (χ1n) is 6.39. The molecule has 0 bridgehead atoms. The molecule has 0 aliphatic rings. The van der Waals surface area contributed by atoms with E-state index in [-0.39, 0.29) is 5.69 Å². The van der Waals surface area contributed by atoms with Gasteiger partial charge in [-0.15, -0.1) is 0 Å². The highest BCUT2D eigenvalue weighted by molar-refractivity contribution is 5.85. The summed E-state index contributed by atoms with van der Waals surface area (Å²) < 4.78 is 2.08. The van der Waals surface area contributed by atoms with Gasteiger partial charge in [0.1, 0.15) is 5.69 Å². The molecule has 0 amide bonds. The lowest BCUT2D eigenvalue weighted by Crippen LogP contribution is -2.05. The van der Waals surface area contributed by atoms with Gasteiger partial charge in [-0.2, -0.15) is 0 Å². The molecule has 0 aliphatic heterocycles. The van der Waals surface area contributed by atoms with Gasteiger partial charge in [0.2, 0.25) is 0 Å². The lowest BCUT2D eigenvalue weighted by Gasteiger charge is -2.06. The Hall–Kier alpha value is -2.62. The van der Waals surface area contributed by atoms with E-state index in [1.165, 1.54) is 17.0 Å². The van der Waals surface area contributed by atoms with Crippen molar-refractivity contribution in [3.63, 3.8) is 0 Å². The fourth-order valence-corrected chi connectivity index (χ4v) is 2.38. The van der Waals surface area contributed by atoms with E-state index >= 15 is 0 Å². The summed E-state index contributed by atoms with van der Waals surface area (Å²) in [4.78, 5) is 15.1. The summed E-state index contributed by atoms with van der Waals surface area (Å²) in [6.45, 7) is 2.64. The third-order valence-corrected chi connectivity index (χ3v) is 3.39. The molecule has 0 atom stereocenters. The van der Waals surface area contributed by atoms with Crippen molar-refractivity contribution in [2.45, 2.75) is 13.5 Å². The number of aryl methyl sites for hydroxylation is 1. The van der Waals surface area contributed by atoms with Gasteiger partial charge < -0.3 is 9.67 Å². The van der Waals surface area contributed by atoms with Crippen LogP contribution in [0.25, 0.3) is 10.9 Å². The number of nitrogens with zero attached hydrogens (tertiary/aromatic N) is 2. The highest BCUT2D eigenvalue weighted by Gasteiger charge is 2.07. The molecule has 4 heteroatoms. The maximum absolute atomic E-state index is 10.9. The van der Waals surface area contributed by atoms with Crippen LogP contribution < -0.4 is 0 Å². The number of aromatic carboxylic acids is 1. The molecule has 0 fully saturated rings. The summed E-state index contributed by atoms with van der Waals surface area (Å²) in [6, 6.07) is 13.3. The van der Waals surface area contributed by atoms with Crippen LogP contribution in [0.4, 0.5) is 0 Å². The van der Waals surface area contributed by atoms with Crippen LogP contribution in [0.1, 0.15) is 21.7 Å². The predicted molar refractivity (Wildman–Crippen MR) is 77.0 cm³/mol. The molecule has 2 aromatic heterocycles. The van der Waals surface area contributed by atoms with Gasteiger partial charge in [0.15, 0.2) is 0 Å². The van der Waals surface area contributed by atoms with Crippen LogP contribution in [0, 0.1) is 6.92 Å². The van der Waals surface area contributed by atoms with Crippen molar-refractivity contribution in [2.75, 3.05) is 0 Å². The second-order valence-corrected chi connectivity index (χ2v) is 4.77. The minimum atomic E-state index is -1.000. The summed E-state index contributed by atoms with van der Waals surface area (Å²) in [5.74, 6) is -1.000. The fraction of sp³-hybridized carbons (Fsp3) is 0.125. The summed E-state index contributed by atoms with van der Waals surface area (Å²) >= 11 is 0. The number of aromatic nitrogens is 2. The van der Waals surface area contributed by atoms with Gasteiger partial charge in [-0.3, -0.25) is 0 Å². The van der Waals surface area contributed by atoms with E-state index in [4.69, 9.17) is 5.11 Å². The smallest absolute Gasteiger partial charge is 0.354 e. The largest absolute Gasteiger partial charge is 0.477 e. The molecule has 0 spiro atoms. The average molecular weight is 266 g/mol. The van der Waals surface area contributed by atoms with Gasteiger partial charge in [-0.05, 0) is 36.8 Å². The second-order valence-electron chi connectivity index (χ2n) is 4.77. The fourth-order valence-electron chi connectivity index (χ4n) is 2.38. The molecule has 4 nitrogen and oxygen atoms in total. The number of carbonyl (C=O) groups is 1. The van der Waals surface area contributed by atoms with Crippen molar-refractivity contribution in [2.24, 2.45) is 0 Å². The predicted octanol–water partition coefficient (Wildman–Crippen LogP) is 3.09. The maximum Gasteiger partial charge on any atom is 0.354 e. The zero-order valence-electron chi connectivity index (χ0n) is 11.1. The number of carboxylic acid groups (broad SMARTS) is 1. The Labute approximate surface area is 116 Å². The molecule has 0 unspecified atom stereocenters. The summed E-state index contributed by atoms with van der Waals surface area (Å²) in [6.07, 6.45) is 2.01. The molecule has 3 rings (SSSR count). The Morgan fingerprint density at radius 3 is 2.80 bits per heavy atom. The van der Waals surface area contributed by atoms with Crippen LogP contribution in [0.2, 0.25) is 0 Å². The number of carboxylic acids is 1. The van der Waals surface area contributed by atoms with Crippen molar-refractivity contribution in [1.82, 2.24) is 9.55 Å². The van der Waals surface area contributed by atoms with Gasteiger partial charge in [0, 0.05) is 17.1 Å². The number of hydrogen-bond acceptors (Lipinski definition) is 2. The molecule has 2 heterocycles. The zero-order valence-corrected chi connectivity index (χ0v) is 11.1. The number of benzene rings is 1. The lowest BCUT2D eigenvalue weighted by atomic mass is 10.1. The van der Waals surface area contributed by atoms with Gasteiger partial charge in [-0.1, -0.05) is 18.2 Å². The molecule has 1 aromatic carbocycles. The van der Waals surface area contributed by atoms with E-state index in [1.54, 1.807) is 6.07 Å².